The van der Waals surface area contributed by atoms with Gasteiger partial charge >= 0.3 is 0 Å². The molecule has 28 heavy (non-hydrogen) atoms. The summed E-state index contributed by atoms with van der Waals surface area (Å²) in [5.74, 6) is 1.64. The first-order chi connectivity index (χ1) is 13.4. The van der Waals surface area contributed by atoms with Crippen LogP contribution in [-0.2, 0) is 0 Å². The molecule has 0 amide bonds. The summed E-state index contributed by atoms with van der Waals surface area (Å²) < 4.78 is 18.0. The maximum Gasteiger partial charge on any atom is 0.203 e. The average Bonchev–Trinajstić information content (AvgIpc) is 3.15. The van der Waals surface area contributed by atoms with Crippen molar-refractivity contribution in [2.45, 2.75) is 19.8 Å². The number of phenolic OH excluding ortho intramolecular Hbond substituents is 2. The van der Waals surface area contributed by atoms with Gasteiger partial charge in [0.05, 0.1) is 45.2 Å². The molecule has 2 N–H and O–H groups in total. The molecule has 2 aromatic carbocycles. The molecule has 0 saturated carbocycles. The fourth-order valence-corrected chi connectivity index (χ4v) is 3.17. The second kappa shape index (κ2) is 7.72. The first kappa shape index (κ1) is 19.4. The Morgan fingerprint density at radius 1 is 0.893 bits per heavy atom. The predicted octanol–water partition coefficient (Wildman–Crippen LogP) is 4.10. The van der Waals surface area contributed by atoms with Crippen LogP contribution in [0.4, 0.5) is 0 Å². The third-order valence-electron chi connectivity index (χ3n) is 4.61. The minimum atomic E-state index is -0.0314. The number of hydrogen-bond acceptors (Lipinski definition) is 6. The molecule has 3 rings (SSSR count). The monoisotopic (exact) mass is 384 g/mol. The molecule has 0 radical (unpaired) electrons. The van der Waals surface area contributed by atoms with Crippen LogP contribution in [0, 0.1) is 0 Å². The molecule has 3 aromatic rings. The molecule has 7 nitrogen and oxygen atoms in total. The van der Waals surface area contributed by atoms with Crippen molar-refractivity contribution in [3.8, 4) is 45.7 Å². The van der Waals surface area contributed by atoms with Crippen molar-refractivity contribution in [2.24, 2.45) is 0 Å². The summed E-state index contributed by atoms with van der Waals surface area (Å²) in [5.41, 5.74) is 2.69. The van der Waals surface area contributed by atoms with Crippen LogP contribution in [-0.4, -0.2) is 41.1 Å². The largest absolute Gasteiger partial charge is 0.508 e. The molecule has 148 valence electrons. The van der Waals surface area contributed by atoms with E-state index in [0.717, 1.165) is 11.3 Å². The summed E-state index contributed by atoms with van der Waals surface area (Å²) in [4.78, 5) is 4.24. The van der Waals surface area contributed by atoms with E-state index in [9.17, 15) is 10.2 Å². The van der Waals surface area contributed by atoms with Crippen LogP contribution in [0.5, 0.6) is 28.7 Å². The van der Waals surface area contributed by atoms with Crippen molar-refractivity contribution < 1.29 is 24.4 Å². The Hall–Kier alpha value is -3.35. The number of aromatic nitrogens is 2. The van der Waals surface area contributed by atoms with Gasteiger partial charge in [-0.2, -0.15) is 0 Å². The molecule has 0 bridgehead atoms. The molecule has 0 saturated heterocycles. The Morgan fingerprint density at radius 3 is 2.07 bits per heavy atom. The van der Waals surface area contributed by atoms with Crippen molar-refractivity contribution in [3.63, 3.8) is 0 Å². The van der Waals surface area contributed by atoms with Gasteiger partial charge in [-0.05, 0) is 17.5 Å². The van der Waals surface area contributed by atoms with E-state index in [1.54, 1.807) is 56.6 Å². The number of methoxy groups -OCH3 is 3. The van der Waals surface area contributed by atoms with Crippen LogP contribution in [0.2, 0.25) is 0 Å². The van der Waals surface area contributed by atoms with Gasteiger partial charge in [-0.1, -0.05) is 13.8 Å². The van der Waals surface area contributed by atoms with E-state index in [-0.39, 0.29) is 17.4 Å². The Kier molecular flexibility index (Phi) is 5.35. The van der Waals surface area contributed by atoms with Crippen LogP contribution >= 0.6 is 0 Å². The maximum absolute atomic E-state index is 10.5. The molecule has 1 heterocycles. The number of imidazole rings is 1. The van der Waals surface area contributed by atoms with Crippen LogP contribution in [0.25, 0.3) is 16.9 Å². The SMILES string of the molecule is COc1cc(-n2cncc2-c2cc(C(C)C)c(O)cc2O)cc(OC)c1OC. The van der Waals surface area contributed by atoms with Gasteiger partial charge in [-0.3, -0.25) is 4.57 Å². The number of hydrogen-bond donors (Lipinski definition) is 2. The highest BCUT2D eigenvalue weighted by atomic mass is 16.5. The van der Waals surface area contributed by atoms with E-state index < -0.39 is 0 Å². The van der Waals surface area contributed by atoms with Gasteiger partial charge in [-0.15, -0.1) is 0 Å². The minimum Gasteiger partial charge on any atom is -0.508 e. The van der Waals surface area contributed by atoms with E-state index in [1.165, 1.54) is 6.07 Å². The molecular formula is C21H24N2O5. The standard InChI is InChI=1S/C21H24N2O5/c1-12(2)14-8-15(18(25)9-17(14)24)16-10-22-11-23(16)13-6-19(26-3)21(28-5)20(7-13)27-4/h6-12,24-25H,1-5H3. The van der Waals surface area contributed by atoms with Gasteiger partial charge in [0.15, 0.2) is 11.5 Å². The zero-order chi connectivity index (χ0) is 20.4. The maximum atomic E-state index is 10.5. The Balaban J connectivity index is 2.20. The van der Waals surface area contributed by atoms with Crippen molar-refractivity contribution in [3.05, 3.63) is 42.4 Å². The van der Waals surface area contributed by atoms with E-state index >= 15 is 0 Å². The first-order valence-corrected chi connectivity index (χ1v) is 8.80. The summed E-state index contributed by atoms with van der Waals surface area (Å²) in [7, 11) is 4.65. The van der Waals surface area contributed by atoms with E-state index in [1.807, 2.05) is 13.8 Å². The summed E-state index contributed by atoms with van der Waals surface area (Å²) >= 11 is 0. The fourth-order valence-electron chi connectivity index (χ4n) is 3.17. The normalized spacial score (nSPS) is 10.9. The van der Waals surface area contributed by atoms with E-state index in [4.69, 9.17) is 14.2 Å². The molecule has 0 aliphatic carbocycles. The first-order valence-electron chi connectivity index (χ1n) is 8.80. The number of aromatic hydroxyl groups is 2. The highest BCUT2D eigenvalue weighted by molar-refractivity contribution is 5.72. The zero-order valence-corrected chi connectivity index (χ0v) is 16.6. The number of phenols is 2. The van der Waals surface area contributed by atoms with Crippen molar-refractivity contribution >= 4 is 0 Å². The topological polar surface area (TPSA) is 86.0 Å². The van der Waals surface area contributed by atoms with E-state index in [0.29, 0.717) is 28.5 Å². The van der Waals surface area contributed by atoms with Gasteiger partial charge in [-0.25, -0.2) is 4.98 Å². The van der Waals surface area contributed by atoms with Crippen LogP contribution in [0.1, 0.15) is 25.3 Å². The second-order valence-electron chi connectivity index (χ2n) is 6.62. The molecule has 7 heteroatoms. The van der Waals surface area contributed by atoms with Gasteiger partial charge in [0.25, 0.3) is 0 Å². The number of benzene rings is 2. The molecule has 1 aromatic heterocycles. The lowest BCUT2D eigenvalue weighted by molar-refractivity contribution is 0.324. The quantitative estimate of drug-likeness (QED) is 0.665. The summed E-state index contributed by atoms with van der Waals surface area (Å²) in [6, 6.07) is 6.73. The lowest BCUT2D eigenvalue weighted by atomic mass is 9.97. The molecule has 0 aliphatic heterocycles. The van der Waals surface area contributed by atoms with Crippen molar-refractivity contribution in [1.82, 2.24) is 9.55 Å². The predicted molar refractivity (Wildman–Crippen MR) is 106 cm³/mol. The van der Waals surface area contributed by atoms with Gasteiger partial charge in [0.1, 0.15) is 11.5 Å². The third kappa shape index (κ3) is 3.31. The smallest absolute Gasteiger partial charge is 0.203 e. The lowest BCUT2D eigenvalue weighted by Gasteiger charge is -2.17. The lowest BCUT2D eigenvalue weighted by Crippen LogP contribution is -2.01. The van der Waals surface area contributed by atoms with Gasteiger partial charge in [0, 0.05) is 23.8 Å². The molecular weight excluding hydrogens is 360 g/mol. The minimum absolute atomic E-state index is 0.0314. The second-order valence-corrected chi connectivity index (χ2v) is 6.62. The summed E-state index contributed by atoms with van der Waals surface area (Å²) in [5, 5.41) is 20.6. The summed E-state index contributed by atoms with van der Waals surface area (Å²) in [6.07, 6.45) is 3.29. The van der Waals surface area contributed by atoms with E-state index in [2.05, 4.69) is 4.98 Å². The number of nitrogens with zero attached hydrogens (tertiary/aromatic N) is 2. The summed E-state index contributed by atoms with van der Waals surface area (Å²) in [6.45, 7) is 3.96. The zero-order valence-electron chi connectivity index (χ0n) is 16.6. The van der Waals surface area contributed by atoms with Crippen LogP contribution in [0.15, 0.2) is 36.8 Å². The van der Waals surface area contributed by atoms with Crippen molar-refractivity contribution in [2.75, 3.05) is 21.3 Å². The number of rotatable bonds is 6. The molecule has 0 unspecified atom stereocenters. The Morgan fingerprint density at radius 2 is 1.54 bits per heavy atom. The van der Waals surface area contributed by atoms with Crippen LogP contribution < -0.4 is 14.2 Å². The highest BCUT2D eigenvalue weighted by Crippen LogP contribution is 2.42. The third-order valence-corrected chi connectivity index (χ3v) is 4.61. The highest BCUT2D eigenvalue weighted by Gasteiger charge is 2.19. The van der Waals surface area contributed by atoms with Gasteiger partial charge < -0.3 is 24.4 Å². The molecule has 0 fully saturated rings. The fraction of sp³-hybridized carbons (Fsp3) is 0.286. The molecule has 0 spiro atoms. The Labute approximate surface area is 163 Å². The van der Waals surface area contributed by atoms with Crippen molar-refractivity contribution in [1.29, 1.82) is 0 Å². The average molecular weight is 384 g/mol. The number of ether oxygens (including phenoxy) is 3. The Bertz CT molecular complexity index is 969. The molecule has 0 atom stereocenters. The van der Waals surface area contributed by atoms with Crippen LogP contribution in [0.3, 0.4) is 0 Å². The van der Waals surface area contributed by atoms with Gasteiger partial charge in [0.2, 0.25) is 5.75 Å². The molecule has 0 aliphatic rings.